The standard InChI is InChI=1S/C25H42O8S.Na.H/c1-3-5-6-7-8-9-10-11-12-13-14-15-16-17-19-21(18-4-2)23(28)25(24(29)30,20-22(26)27)34(31,32)33;;/h4,11-12,21H,2-3,5-10,13-20H2,1H3,(H,26,27)(H,29,30)(H,31,32,33);;/q;+1;-1. The summed E-state index contributed by atoms with van der Waals surface area (Å²) in [5.41, 5.74) is 0. The van der Waals surface area contributed by atoms with Crippen LogP contribution in [0.15, 0.2) is 24.8 Å². The summed E-state index contributed by atoms with van der Waals surface area (Å²) in [7, 11) is -5.51. The van der Waals surface area contributed by atoms with E-state index < -0.39 is 44.9 Å². The number of carbonyl (C=O) groups is 3. The molecule has 8 nitrogen and oxygen atoms in total. The van der Waals surface area contributed by atoms with Crippen molar-refractivity contribution in [1.82, 2.24) is 0 Å². The van der Waals surface area contributed by atoms with E-state index in [1.807, 2.05) is 0 Å². The van der Waals surface area contributed by atoms with Gasteiger partial charge in [-0.3, -0.25) is 14.1 Å². The van der Waals surface area contributed by atoms with E-state index in [1.54, 1.807) is 0 Å². The molecule has 0 rings (SSSR count). The van der Waals surface area contributed by atoms with E-state index in [0.717, 1.165) is 32.1 Å². The molecule has 0 heterocycles. The summed E-state index contributed by atoms with van der Waals surface area (Å²) in [5, 5.41) is 18.4. The molecule has 0 amide bonds. The summed E-state index contributed by atoms with van der Waals surface area (Å²) in [4.78, 5) is 35.7. The van der Waals surface area contributed by atoms with E-state index in [-0.39, 0.29) is 43.8 Å². The Labute approximate surface area is 234 Å². The number of allylic oxidation sites excluding steroid dienone is 3. The van der Waals surface area contributed by atoms with Gasteiger partial charge in [-0.25, -0.2) is 4.79 Å². The largest absolute Gasteiger partial charge is 1.00 e. The number of Topliss-reactive ketones (excluding diaryl/α,β-unsaturated/α-hetero) is 1. The average Bonchev–Trinajstić information content (AvgIpc) is 2.75. The van der Waals surface area contributed by atoms with Crippen LogP contribution in [0, 0.1) is 5.92 Å². The van der Waals surface area contributed by atoms with Gasteiger partial charge in [0, 0.05) is 5.92 Å². The first kappa shape index (κ1) is 36.2. The number of hydrogen-bond donors (Lipinski definition) is 3. The third-order valence-corrected chi connectivity index (χ3v) is 7.37. The third-order valence-electron chi connectivity index (χ3n) is 5.97. The molecule has 0 aromatic rings. The second-order valence-electron chi connectivity index (χ2n) is 8.78. The summed E-state index contributed by atoms with van der Waals surface area (Å²) in [5.74, 6) is -6.38. The SMILES string of the molecule is C=CCC(CCCCCCC=CCCCCCCCC)C(=O)C(CC(=O)O)(C(=O)O)S(=O)(=O)O.[H-].[Na+]. The van der Waals surface area contributed by atoms with Crippen LogP contribution in [-0.2, 0) is 24.5 Å². The molecule has 35 heavy (non-hydrogen) atoms. The van der Waals surface area contributed by atoms with E-state index >= 15 is 0 Å². The smallest absolute Gasteiger partial charge is 1.00 e. The van der Waals surface area contributed by atoms with Gasteiger partial charge in [-0.1, -0.05) is 76.5 Å². The van der Waals surface area contributed by atoms with Gasteiger partial charge in [-0.05, 0) is 38.5 Å². The summed E-state index contributed by atoms with van der Waals surface area (Å²) in [6.45, 7) is 5.72. The second-order valence-corrected chi connectivity index (χ2v) is 10.4. The van der Waals surface area contributed by atoms with E-state index in [1.165, 1.54) is 44.6 Å². The Kier molecular flexibility index (Phi) is 20.8. The molecule has 0 saturated carbocycles. The van der Waals surface area contributed by atoms with Crippen molar-refractivity contribution in [3.63, 3.8) is 0 Å². The van der Waals surface area contributed by atoms with Gasteiger partial charge >= 0.3 is 41.5 Å². The fourth-order valence-electron chi connectivity index (χ4n) is 3.98. The molecule has 0 aromatic heterocycles. The van der Waals surface area contributed by atoms with Crippen molar-refractivity contribution >= 4 is 27.8 Å². The van der Waals surface area contributed by atoms with Gasteiger partial charge < -0.3 is 11.6 Å². The average molecular weight is 527 g/mol. The zero-order valence-corrected chi connectivity index (χ0v) is 24.2. The summed E-state index contributed by atoms with van der Waals surface area (Å²) in [6.07, 6.45) is 17.2. The quantitative estimate of drug-likeness (QED) is 0.0642. The van der Waals surface area contributed by atoms with Crippen LogP contribution >= 0.6 is 0 Å². The van der Waals surface area contributed by atoms with Crippen molar-refractivity contribution in [2.75, 3.05) is 0 Å². The van der Waals surface area contributed by atoms with Gasteiger partial charge in [-0.15, -0.1) is 6.58 Å². The predicted octanol–water partition coefficient (Wildman–Crippen LogP) is 2.70. The van der Waals surface area contributed by atoms with Crippen molar-refractivity contribution in [2.24, 2.45) is 5.92 Å². The van der Waals surface area contributed by atoms with Gasteiger partial charge in [0.05, 0.1) is 6.42 Å². The molecule has 198 valence electrons. The van der Waals surface area contributed by atoms with Gasteiger partial charge in [0.1, 0.15) is 0 Å². The number of aliphatic carboxylic acids is 2. The third kappa shape index (κ3) is 13.8. The van der Waals surface area contributed by atoms with Gasteiger partial charge in [0.15, 0.2) is 5.78 Å². The summed E-state index contributed by atoms with van der Waals surface area (Å²) < 4.78 is 29.8. The van der Waals surface area contributed by atoms with Crippen LogP contribution < -0.4 is 29.6 Å². The molecule has 0 aliphatic heterocycles. The first-order valence-electron chi connectivity index (χ1n) is 12.3. The molecular formula is C25H43NaO8S. The minimum absolute atomic E-state index is 0. The van der Waals surface area contributed by atoms with Crippen LogP contribution in [0.1, 0.15) is 105 Å². The second kappa shape index (κ2) is 20.1. The molecule has 0 bridgehead atoms. The maximum Gasteiger partial charge on any atom is 1.00 e. The van der Waals surface area contributed by atoms with E-state index in [0.29, 0.717) is 6.42 Å². The van der Waals surface area contributed by atoms with Crippen LogP contribution in [0.4, 0.5) is 0 Å². The fraction of sp³-hybridized carbons (Fsp3) is 0.720. The first-order valence-corrected chi connectivity index (χ1v) is 13.7. The molecule has 0 saturated heterocycles. The Balaban J connectivity index is -0.00000544. The maximum absolute atomic E-state index is 12.9. The number of carboxylic acids is 2. The molecule has 2 atom stereocenters. The number of carbonyl (C=O) groups excluding carboxylic acids is 1. The predicted molar refractivity (Wildman–Crippen MR) is 133 cm³/mol. The molecule has 2 unspecified atom stereocenters. The summed E-state index contributed by atoms with van der Waals surface area (Å²) in [6, 6.07) is 0. The molecular weight excluding hydrogens is 483 g/mol. The Morgan fingerprint density at radius 3 is 1.83 bits per heavy atom. The fourth-order valence-corrected chi connectivity index (χ4v) is 4.93. The number of rotatable bonds is 22. The Bertz CT molecular complexity index is 785. The van der Waals surface area contributed by atoms with Crippen LogP contribution in [-0.4, -0.2) is 45.7 Å². The topological polar surface area (TPSA) is 146 Å². The van der Waals surface area contributed by atoms with Crippen LogP contribution in [0.2, 0.25) is 0 Å². The molecule has 10 heteroatoms. The van der Waals surface area contributed by atoms with Crippen molar-refractivity contribution in [3.8, 4) is 0 Å². The number of unbranched alkanes of at least 4 members (excludes halogenated alkanes) is 10. The minimum Gasteiger partial charge on any atom is -1.00 e. The number of ketones is 1. The Morgan fingerprint density at radius 2 is 1.40 bits per heavy atom. The normalized spacial score (nSPS) is 14.1. The van der Waals surface area contributed by atoms with Gasteiger partial charge in [0.25, 0.3) is 14.9 Å². The zero-order chi connectivity index (χ0) is 26.0. The first-order chi connectivity index (χ1) is 16.0. The minimum atomic E-state index is -5.51. The zero-order valence-electron chi connectivity index (χ0n) is 22.4. The molecule has 3 N–H and O–H groups in total. The monoisotopic (exact) mass is 526 g/mol. The molecule has 0 radical (unpaired) electrons. The molecule has 0 aromatic carbocycles. The van der Waals surface area contributed by atoms with Crippen molar-refractivity contribution in [3.05, 3.63) is 24.8 Å². The Hall–Kier alpha value is -1.00. The van der Waals surface area contributed by atoms with E-state index in [2.05, 4.69) is 25.7 Å². The van der Waals surface area contributed by atoms with Gasteiger partial charge in [-0.2, -0.15) is 8.42 Å². The molecule has 0 aliphatic carbocycles. The molecule has 0 aliphatic rings. The van der Waals surface area contributed by atoms with Crippen LogP contribution in [0.3, 0.4) is 0 Å². The molecule has 0 spiro atoms. The van der Waals surface area contributed by atoms with E-state index in [4.69, 9.17) is 5.11 Å². The van der Waals surface area contributed by atoms with Crippen molar-refractivity contribution in [2.45, 2.75) is 108 Å². The van der Waals surface area contributed by atoms with E-state index in [9.17, 15) is 32.5 Å². The summed E-state index contributed by atoms with van der Waals surface area (Å²) >= 11 is 0. The number of carboxylic acid groups (broad SMARTS) is 2. The van der Waals surface area contributed by atoms with Crippen LogP contribution in [0.5, 0.6) is 0 Å². The Morgan fingerprint density at radius 1 is 0.914 bits per heavy atom. The number of hydrogen-bond acceptors (Lipinski definition) is 5. The van der Waals surface area contributed by atoms with Crippen LogP contribution in [0.25, 0.3) is 0 Å². The molecule has 0 fully saturated rings. The van der Waals surface area contributed by atoms with Crippen molar-refractivity contribution in [1.29, 1.82) is 0 Å². The van der Waals surface area contributed by atoms with Crippen molar-refractivity contribution < 1.29 is 68.6 Å². The van der Waals surface area contributed by atoms with Gasteiger partial charge in [0.2, 0.25) is 0 Å². The maximum atomic E-state index is 12.9.